The van der Waals surface area contributed by atoms with E-state index in [-0.39, 0.29) is 29.9 Å². The van der Waals surface area contributed by atoms with E-state index in [4.69, 9.17) is 4.99 Å². The van der Waals surface area contributed by atoms with E-state index >= 15 is 0 Å². The van der Waals surface area contributed by atoms with Gasteiger partial charge in [0.15, 0.2) is 5.96 Å². The molecule has 28 heavy (non-hydrogen) atoms. The second-order valence-electron chi connectivity index (χ2n) is 6.69. The van der Waals surface area contributed by atoms with Crippen LogP contribution in [0.15, 0.2) is 46.8 Å². The molecule has 0 spiro atoms. The summed E-state index contributed by atoms with van der Waals surface area (Å²) < 4.78 is 0. The first-order valence-corrected chi connectivity index (χ1v) is 10.5. The van der Waals surface area contributed by atoms with Crippen LogP contribution in [0.3, 0.4) is 0 Å². The van der Waals surface area contributed by atoms with Crippen LogP contribution in [0.4, 0.5) is 0 Å². The fraction of sp³-hybridized carbons (Fsp3) is 0.429. The number of hydrogen-bond acceptors (Lipinski definition) is 3. The van der Waals surface area contributed by atoms with E-state index in [1.54, 1.807) is 11.3 Å². The van der Waals surface area contributed by atoms with Crippen LogP contribution in [-0.2, 0) is 24.3 Å². The van der Waals surface area contributed by atoms with E-state index in [0.717, 1.165) is 44.0 Å². The van der Waals surface area contributed by atoms with E-state index in [0.29, 0.717) is 19.5 Å². The van der Waals surface area contributed by atoms with Gasteiger partial charge in [-0.05, 0) is 42.3 Å². The molecule has 1 saturated heterocycles. The number of halogens is 1. The highest BCUT2D eigenvalue weighted by atomic mass is 127. The lowest BCUT2D eigenvalue weighted by Gasteiger charge is -2.16. The zero-order valence-electron chi connectivity index (χ0n) is 16.3. The van der Waals surface area contributed by atoms with Gasteiger partial charge in [-0.2, -0.15) is 0 Å². The van der Waals surface area contributed by atoms with E-state index < -0.39 is 0 Å². The van der Waals surface area contributed by atoms with E-state index in [2.05, 4.69) is 59.3 Å². The predicted octanol–water partition coefficient (Wildman–Crippen LogP) is 3.79. The molecule has 0 bridgehead atoms. The number of aliphatic imine (C=N–C) groups is 1. The smallest absolute Gasteiger partial charge is 0.222 e. The summed E-state index contributed by atoms with van der Waals surface area (Å²) in [5.74, 6) is 1.11. The first-order valence-electron chi connectivity index (χ1n) is 9.64. The maximum Gasteiger partial charge on any atom is 0.222 e. The van der Waals surface area contributed by atoms with E-state index in [1.165, 1.54) is 10.4 Å². The lowest BCUT2D eigenvalue weighted by molar-refractivity contribution is -0.128. The van der Waals surface area contributed by atoms with Crippen LogP contribution in [0.25, 0.3) is 0 Å². The Morgan fingerprint density at radius 2 is 2.07 bits per heavy atom. The molecule has 7 heteroatoms. The Kier molecular flexibility index (Phi) is 9.77. The largest absolute Gasteiger partial charge is 0.357 e. The summed E-state index contributed by atoms with van der Waals surface area (Å²) in [6.45, 7) is 5.97. The number of carbonyl (C=O) groups excluding carboxylic acids is 1. The molecule has 1 aromatic carbocycles. The van der Waals surface area contributed by atoms with Crippen molar-refractivity contribution in [1.82, 2.24) is 15.5 Å². The maximum absolute atomic E-state index is 11.8. The number of nitrogens with one attached hydrogen (secondary N) is 2. The first-order chi connectivity index (χ1) is 13.2. The second-order valence-corrected chi connectivity index (χ2v) is 7.72. The molecule has 3 rings (SSSR count). The summed E-state index contributed by atoms with van der Waals surface area (Å²) in [6, 6.07) is 12.6. The Morgan fingerprint density at radius 1 is 1.21 bits per heavy atom. The molecule has 2 aromatic rings. The van der Waals surface area contributed by atoms with Crippen LogP contribution in [-0.4, -0.2) is 36.4 Å². The fourth-order valence-electron chi connectivity index (χ4n) is 3.19. The van der Waals surface area contributed by atoms with Gasteiger partial charge in [0.05, 0.1) is 6.54 Å². The standard InChI is InChI=1S/C21H28N4OS.HI/c1-2-22-21(23-11-10-19-8-5-13-27-19)24-15-17-6-3-7-18(14-17)16-25-12-4-9-20(25)26;/h3,5-8,13-14H,2,4,9-12,15-16H2,1H3,(H2,22,23,24);1H. The van der Waals surface area contributed by atoms with Crippen molar-refractivity contribution in [2.24, 2.45) is 4.99 Å². The molecular formula is C21H29IN4OS. The summed E-state index contributed by atoms with van der Waals surface area (Å²) in [4.78, 5) is 19.9. The van der Waals surface area contributed by atoms with Gasteiger partial charge >= 0.3 is 0 Å². The van der Waals surface area contributed by atoms with Gasteiger partial charge in [0, 0.05) is 37.5 Å². The van der Waals surface area contributed by atoms with Gasteiger partial charge in [0.2, 0.25) is 5.91 Å². The lowest BCUT2D eigenvalue weighted by Crippen LogP contribution is -2.38. The summed E-state index contributed by atoms with van der Waals surface area (Å²) >= 11 is 1.78. The molecule has 5 nitrogen and oxygen atoms in total. The molecule has 1 amide bonds. The van der Waals surface area contributed by atoms with Crippen LogP contribution >= 0.6 is 35.3 Å². The average molecular weight is 512 g/mol. The van der Waals surface area contributed by atoms with Crippen molar-refractivity contribution >= 4 is 47.2 Å². The van der Waals surface area contributed by atoms with Gasteiger partial charge in [0.25, 0.3) is 0 Å². The summed E-state index contributed by atoms with van der Waals surface area (Å²) in [7, 11) is 0. The van der Waals surface area contributed by atoms with Crippen LogP contribution in [0.5, 0.6) is 0 Å². The first kappa shape index (κ1) is 22.7. The highest BCUT2D eigenvalue weighted by Crippen LogP contribution is 2.15. The highest BCUT2D eigenvalue weighted by Gasteiger charge is 2.19. The van der Waals surface area contributed by atoms with Crippen molar-refractivity contribution in [3.63, 3.8) is 0 Å². The Morgan fingerprint density at radius 3 is 2.79 bits per heavy atom. The van der Waals surface area contributed by atoms with Crippen molar-refractivity contribution in [3.8, 4) is 0 Å². The predicted molar refractivity (Wildman–Crippen MR) is 127 cm³/mol. The monoisotopic (exact) mass is 512 g/mol. The number of guanidine groups is 1. The van der Waals surface area contributed by atoms with Gasteiger partial charge in [-0.1, -0.05) is 30.3 Å². The molecule has 2 N–H and O–H groups in total. The number of nitrogens with zero attached hydrogens (tertiary/aromatic N) is 2. The van der Waals surface area contributed by atoms with Crippen LogP contribution < -0.4 is 10.6 Å². The summed E-state index contributed by atoms with van der Waals surface area (Å²) in [5, 5.41) is 8.81. The van der Waals surface area contributed by atoms with Crippen molar-refractivity contribution in [3.05, 3.63) is 57.8 Å². The Labute approximate surface area is 188 Å². The molecule has 1 aliphatic rings. The maximum atomic E-state index is 11.8. The minimum atomic E-state index is 0. The highest BCUT2D eigenvalue weighted by molar-refractivity contribution is 14.0. The molecule has 0 atom stereocenters. The number of likely N-dealkylation sites (tertiary alicyclic amines) is 1. The molecule has 0 aliphatic carbocycles. The second kappa shape index (κ2) is 12.1. The molecule has 0 radical (unpaired) electrons. The minimum Gasteiger partial charge on any atom is -0.357 e. The van der Waals surface area contributed by atoms with Crippen molar-refractivity contribution in [1.29, 1.82) is 0 Å². The van der Waals surface area contributed by atoms with Crippen LogP contribution in [0.2, 0.25) is 0 Å². The molecule has 1 aromatic heterocycles. The van der Waals surface area contributed by atoms with Gasteiger partial charge in [-0.25, -0.2) is 4.99 Å². The molecule has 0 saturated carbocycles. The number of amides is 1. The van der Waals surface area contributed by atoms with Crippen molar-refractivity contribution < 1.29 is 4.79 Å². The molecule has 2 heterocycles. The van der Waals surface area contributed by atoms with Crippen LogP contribution in [0.1, 0.15) is 35.8 Å². The van der Waals surface area contributed by atoms with E-state index in [9.17, 15) is 4.79 Å². The SMILES string of the molecule is CCNC(=NCc1cccc(CN2CCCC2=O)c1)NCCc1cccs1.I. The third kappa shape index (κ3) is 7.09. The third-order valence-corrected chi connectivity index (χ3v) is 5.48. The summed E-state index contributed by atoms with van der Waals surface area (Å²) in [6.07, 6.45) is 2.67. The van der Waals surface area contributed by atoms with Crippen molar-refractivity contribution in [2.75, 3.05) is 19.6 Å². The fourth-order valence-corrected chi connectivity index (χ4v) is 3.90. The molecular weight excluding hydrogens is 483 g/mol. The summed E-state index contributed by atoms with van der Waals surface area (Å²) in [5.41, 5.74) is 2.34. The van der Waals surface area contributed by atoms with Gasteiger partial charge in [-0.15, -0.1) is 35.3 Å². The number of hydrogen-bond donors (Lipinski definition) is 2. The third-order valence-electron chi connectivity index (χ3n) is 4.54. The number of carbonyl (C=O) groups is 1. The van der Waals surface area contributed by atoms with Gasteiger partial charge in [0.1, 0.15) is 0 Å². The Hall–Kier alpha value is -1.61. The normalized spacial score (nSPS) is 14.1. The Bertz CT molecular complexity index is 764. The van der Waals surface area contributed by atoms with Crippen LogP contribution in [0, 0.1) is 0 Å². The zero-order chi connectivity index (χ0) is 18.9. The molecule has 1 aliphatic heterocycles. The average Bonchev–Trinajstić information content (AvgIpc) is 3.32. The topological polar surface area (TPSA) is 56.7 Å². The lowest BCUT2D eigenvalue weighted by atomic mass is 10.1. The quantitative estimate of drug-likeness (QED) is 0.322. The van der Waals surface area contributed by atoms with E-state index in [1.807, 2.05) is 4.90 Å². The number of thiophene rings is 1. The minimum absolute atomic E-state index is 0. The van der Waals surface area contributed by atoms with Gasteiger partial charge in [-0.3, -0.25) is 4.79 Å². The Balaban J connectivity index is 0.00000280. The van der Waals surface area contributed by atoms with Crippen molar-refractivity contribution in [2.45, 2.75) is 39.3 Å². The zero-order valence-corrected chi connectivity index (χ0v) is 19.5. The molecule has 1 fully saturated rings. The molecule has 152 valence electrons. The van der Waals surface area contributed by atoms with Gasteiger partial charge < -0.3 is 15.5 Å². The molecule has 0 unspecified atom stereocenters. The number of benzene rings is 1. The number of rotatable bonds is 8.